The van der Waals surface area contributed by atoms with Crippen LogP contribution in [0.25, 0.3) is 11.2 Å². The Morgan fingerprint density at radius 3 is 2.90 bits per heavy atom. The lowest BCUT2D eigenvalue weighted by atomic mass is 10.0. The molecule has 170 valence electrons. The van der Waals surface area contributed by atoms with E-state index in [2.05, 4.69) is 15.0 Å². The zero-order valence-electron chi connectivity index (χ0n) is 17.5. The van der Waals surface area contributed by atoms with Crippen LogP contribution >= 0.6 is 7.82 Å². The zero-order chi connectivity index (χ0) is 22.3. The number of imidazole rings is 1. The summed E-state index contributed by atoms with van der Waals surface area (Å²) in [6.45, 7) is 4.68. The summed E-state index contributed by atoms with van der Waals surface area (Å²) in [6.07, 6.45) is -0.449. The van der Waals surface area contributed by atoms with Crippen LogP contribution in [0.4, 0.5) is 5.95 Å². The number of nitrogens with zero attached hydrogens (tertiary/aromatic N) is 4. The Bertz CT molecular complexity index is 1030. The highest BCUT2D eigenvalue weighted by Crippen LogP contribution is 2.57. The summed E-state index contributed by atoms with van der Waals surface area (Å²) in [4.78, 5) is 24.3. The molecule has 2 aliphatic rings. The minimum Gasteiger partial charge on any atom is -0.479 e. The van der Waals surface area contributed by atoms with E-state index in [0.717, 1.165) is 0 Å². The molecule has 0 unspecified atom stereocenters. The number of carbonyl (C=O) groups is 1. The molecule has 4 rings (SSSR count). The molecular formula is C17H24N5O8P. The molecule has 0 amide bonds. The third-order valence-corrected chi connectivity index (χ3v) is 6.29. The molecule has 2 fully saturated rings. The fourth-order valence-electron chi connectivity index (χ4n) is 3.57. The highest BCUT2D eigenvalue weighted by molar-refractivity contribution is 7.48. The number of nitrogen functional groups attached to an aromatic ring is 1. The smallest absolute Gasteiger partial charge is 0.475 e. The molecule has 14 heteroatoms. The standard InChI is InChI=1S/C17H24N5O8P/c1-8(2)28-11(23)6-27-31(24)26-5-10-13(30-31)9(3)16(29-10)22-7-19-12-14(22)20-17(18)21-15(12)25-4/h7-10,13,16H,5-6H2,1-4H3,(H2,18,20,21)/t9-,10+,13-,16+,31+/m0/s1. The van der Waals surface area contributed by atoms with Crippen molar-refractivity contribution in [2.24, 2.45) is 5.92 Å². The fourth-order valence-corrected chi connectivity index (χ4v) is 4.99. The second-order valence-corrected chi connectivity index (χ2v) is 9.09. The molecule has 31 heavy (non-hydrogen) atoms. The number of anilines is 1. The van der Waals surface area contributed by atoms with Gasteiger partial charge in [0.2, 0.25) is 11.8 Å². The van der Waals surface area contributed by atoms with Crippen molar-refractivity contribution in [3.05, 3.63) is 6.33 Å². The number of ether oxygens (including phenoxy) is 3. The van der Waals surface area contributed by atoms with Crippen LogP contribution in [0.2, 0.25) is 0 Å². The lowest BCUT2D eigenvalue weighted by molar-refractivity contribution is -0.151. The van der Waals surface area contributed by atoms with Crippen LogP contribution < -0.4 is 10.5 Å². The van der Waals surface area contributed by atoms with E-state index in [1.54, 1.807) is 24.7 Å². The first-order valence-electron chi connectivity index (χ1n) is 9.67. The van der Waals surface area contributed by atoms with E-state index in [-0.39, 0.29) is 30.5 Å². The maximum absolute atomic E-state index is 12.8. The largest absolute Gasteiger partial charge is 0.479 e. The Balaban J connectivity index is 1.51. The summed E-state index contributed by atoms with van der Waals surface area (Å²) in [5.74, 6) is -0.674. The first-order chi connectivity index (χ1) is 14.7. The minimum atomic E-state index is -3.96. The minimum absolute atomic E-state index is 0.0277. The Labute approximate surface area is 177 Å². The number of nitrogens with two attached hydrogens (primary N) is 1. The monoisotopic (exact) mass is 457 g/mol. The van der Waals surface area contributed by atoms with Gasteiger partial charge in [-0.25, -0.2) is 14.3 Å². The Morgan fingerprint density at radius 2 is 2.19 bits per heavy atom. The van der Waals surface area contributed by atoms with Gasteiger partial charge in [-0.3, -0.25) is 18.1 Å². The number of carbonyl (C=O) groups excluding carboxylic acids is 1. The van der Waals surface area contributed by atoms with Gasteiger partial charge in [-0.1, -0.05) is 6.92 Å². The van der Waals surface area contributed by atoms with Gasteiger partial charge in [0.05, 0.1) is 26.1 Å². The Hall–Kier alpha value is -2.31. The van der Waals surface area contributed by atoms with Gasteiger partial charge >= 0.3 is 13.8 Å². The zero-order valence-corrected chi connectivity index (χ0v) is 18.4. The Morgan fingerprint density at radius 1 is 1.42 bits per heavy atom. The van der Waals surface area contributed by atoms with Crippen molar-refractivity contribution < 1.29 is 37.1 Å². The molecule has 0 spiro atoms. The van der Waals surface area contributed by atoms with Crippen LogP contribution in [0.1, 0.15) is 27.0 Å². The van der Waals surface area contributed by atoms with E-state index >= 15 is 0 Å². The highest BCUT2D eigenvalue weighted by atomic mass is 31.2. The van der Waals surface area contributed by atoms with Crippen LogP contribution in [-0.2, 0) is 32.4 Å². The van der Waals surface area contributed by atoms with Crippen LogP contribution in [0, 0.1) is 5.92 Å². The van der Waals surface area contributed by atoms with Crippen molar-refractivity contribution in [2.75, 3.05) is 26.1 Å². The number of hydrogen-bond acceptors (Lipinski definition) is 12. The average molecular weight is 457 g/mol. The molecule has 5 atom stereocenters. The number of aromatic nitrogens is 4. The van der Waals surface area contributed by atoms with Gasteiger partial charge in [-0.2, -0.15) is 9.97 Å². The summed E-state index contributed by atoms with van der Waals surface area (Å²) in [6, 6.07) is 0. The molecule has 0 aromatic carbocycles. The van der Waals surface area contributed by atoms with E-state index in [4.69, 9.17) is 33.5 Å². The molecule has 2 aliphatic heterocycles. The quantitative estimate of drug-likeness (QED) is 0.492. The summed E-state index contributed by atoms with van der Waals surface area (Å²) in [7, 11) is -2.50. The number of hydrogen-bond donors (Lipinski definition) is 1. The van der Waals surface area contributed by atoms with Crippen LogP contribution in [-0.4, -0.2) is 64.1 Å². The van der Waals surface area contributed by atoms with Crippen LogP contribution in [0.3, 0.4) is 0 Å². The van der Waals surface area contributed by atoms with Crippen molar-refractivity contribution in [3.8, 4) is 5.88 Å². The highest BCUT2D eigenvalue weighted by Gasteiger charge is 2.52. The second kappa shape index (κ2) is 8.32. The first kappa shape index (κ1) is 21.9. The first-order valence-corrected chi connectivity index (χ1v) is 11.1. The molecule has 4 heterocycles. The number of phosphoric ester groups is 1. The lowest BCUT2D eigenvalue weighted by Crippen LogP contribution is -2.36. The van der Waals surface area contributed by atoms with E-state index in [1.165, 1.54) is 7.11 Å². The van der Waals surface area contributed by atoms with Gasteiger partial charge in [0.1, 0.15) is 18.4 Å². The molecule has 13 nitrogen and oxygen atoms in total. The van der Waals surface area contributed by atoms with E-state index < -0.39 is 38.8 Å². The number of phosphoric acid groups is 1. The summed E-state index contributed by atoms with van der Waals surface area (Å²) >= 11 is 0. The van der Waals surface area contributed by atoms with Crippen molar-refractivity contribution >= 4 is 30.9 Å². The third kappa shape index (κ3) is 4.23. The summed E-state index contributed by atoms with van der Waals surface area (Å²) in [5.41, 5.74) is 6.64. The predicted octanol–water partition coefficient (Wildman–Crippen LogP) is 1.44. The van der Waals surface area contributed by atoms with Crippen molar-refractivity contribution in [1.29, 1.82) is 0 Å². The predicted molar refractivity (Wildman–Crippen MR) is 105 cm³/mol. The van der Waals surface area contributed by atoms with Gasteiger partial charge in [0.25, 0.3) is 0 Å². The maximum atomic E-state index is 12.8. The normalized spacial score (nSPS) is 30.5. The molecule has 0 radical (unpaired) electrons. The van der Waals surface area contributed by atoms with Crippen LogP contribution in [0.5, 0.6) is 5.88 Å². The van der Waals surface area contributed by atoms with Crippen molar-refractivity contribution in [1.82, 2.24) is 19.5 Å². The van der Waals surface area contributed by atoms with Gasteiger partial charge in [0, 0.05) is 5.92 Å². The van der Waals surface area contributed by atoms with E-state index in [9.17, 15) is 9.36 Å². The number of rotatable bonds is 6. The molecule has 0 saturated carbocycles. The molecule has 2 aromatic rings. The number of fused-ring (bicyclic) bond motifs is 2. The molecule has 0 aliphatic carbocycles. The van der Waals surface area contributed by atoms with Crippen LogP contribution in [0.15, 0.2) is 6.33 Å². The second-order valence-electron chi connectivity index (χ2n) is 7.46. The third-order valence-electron chi connectivity index (χ3n) is 4.88. The van der Waals surface area contributed by atoms with E-state index in [1.807, 2.05) is 6.92 Å². The molecule has 2 N–H and O–H groups in total. The van der Waals surface area contributed by atoms with Gasteiger partial charge < -0.3 is 19.9 Å². The molecule has 2 aromatic heterocycles. The topological polar surface area (TPSA) is 159 Å². The van der Waals surface area contributed by atoms with Crippen molar-refractivity contribution in [3.63, 3.8) is 0 Å². The number of methoxy groups -OCH3 is 1. The van der Waals surface area contributed by atoms with Gasteiger partial charge in [-0.15, -0.1) is 0 Å². The average Bonchev–Trinajstić information content (AvgIpc) is 3.26. The van der Waals surface area contributed by atoms with Crippen molar-refractivity contribution in [2.45, 2.75) is 45.3 Å². The molecule has 0 bridgehead atoms. The maximum Gasteiger partial charge on any atom is 0.475 e. The summed E-state index contributed by atoms with van der Waals surface area (Å²) < 4.78 is 46.9. The lowest BCUT2D eigenvalue weighted by Gasteiger charge is -2.31. The molecule has 2 saturated heterocycles. The Kier molecular flexibility index (Phi) is 5.88. The number of esters is 1. The molecular weight excluding hydrogens is 433 g/mol. The van der Waals surface area contributed by atoms with E-state index in [0.29, 0.717) is 11.2 Å². The summed E-state index contributed by atoms with van der Waals surface area (Å²) in [5, 5.41) is 0. The fraction of sp³-hybridized carbons (Fsp3) is 0.647. The van der Waals surface area contributed by atoms with Gasteiger partial charge in [0.15, 0.2) is 17.8 Å². The van der Waals surface area contributed by atoms with Gasteiger partial charge in [-0.05, 0) is 13.8 Å². The SMILES string of the molecule is COc1nc(N)nc2c1ncn2[C@@H]1O[C@@H]2CO[P@](=O)(OCC(=O)OC(C)C)O[C@H]2[C@@H]1C.